The molecule has 0 bridgehead atoms. The zero-order chi connectivity index (χ0) is 16.1. The fourth-order valence-corrected chi connectivity index (χ4v) is 4.74. The van der Waals surface area contributed by atoms with E-state index >= 15 is 0 Å². The van der Waals surface area contributed by atoms with Gasteiger partial charge in [-0.3, -0.25) is 4.79 Å². The molecule has 1 saturated heterocycles. The zero-order valence-electron chi connectivity index (χ0n) is 13.9. The summed E-state index contributed by atoms with van der Waals surface area (Å²) in [5.74, 6) is 0.869. The van der Waals surface area contributed by atoms with Gasteiger partial charge in [-0.15, -0.1) is 11.8 Å². The summed E-state index contributed by atoms with van der Waals surface area (Å²) in [4.78, 5) is 13.4. The van der Waals surface area contributed by atoms with Crippen LogP contribution in [0.4, 0.5) is 0 Å². The largest absolute Gasteiger partial charge is 0.350 e. The molecule has 23 heavy (non-hydrogen) atoms. The number of carbonyl (C=O) groups is 1. The summed E-state index contributed by atoms with van der Waals surface area (Å²) in [6.07, 6.45) is 8.62. The predicted octanol–water partition coefficient (Wildman–Crippen LogP) is 3.14. The van der Waals surface area contributed by atoms with Gasteiger partial charge in [-0.1, -0.05) is 24.4 Å². The molecular weight excluding hydrogens is 310 g/mol. The minimum absolute atomic E-state index is 0.109. The number of piperidine rings is 1. The van der Waals surface area contributed by atoms with E-state index in [0.717, 1.165) is 43.1 Å². The number of nitrogens with one attached hydrogen (secondary N) is 2. The van der Waals surface area contributed by atoms with Crippen LogP contribution in [0, 0.1) is 12.8 Å². The molecule has 0 atom stereocenters. The summed E-state index contributed by atoms with van der Waals surface area (Å²) in [6, 6.07) is 0. The molecule has 1 saturated carbocycles. The molecule has 6 heteroatoms. The van der Waals surface area contributed by atoms with Gasteiger partial charge in [0.2, 0.25) is 5.76 Å². The first-order valence-corrected chi connectivity index (χ1v) is 9.74. The van der Waals surface area contributed by atoms with Crippen molar-refractivity contribution in [2.24, 2.45) is 5.92 Å². The second kappa shape index (κ2) is 8.20. The Morgan fingerprint density at radius 1 is 1.26 bits per heavy atom. The van der Waals surface area contributed by atoms with Gasteiger partial charge in [0.1, 0.15) is 0 Å². The predicted molar refractivity (Wildman–Crippen MR) is 91.9 cm³/mol. The van der Waals surface area contributed by atoms with E-state index in [2.05, 4.69) is 15.8 Å². The Labute approximate surface area is 142 Å². The monoisotopic (exact) mass is 337 g/mol. The Balaban J connectivity index is 1.58. The number of nitrogens with zero attached hydrogens (tertiary/aromatic N) is 1. The molecule has 2 N–H and O–H groups in total. The SMILES string of the molecule is Cc1noc(C(=O)NCC2CCNCC2)c1SC1CCCCC1. The smallest absolute Gasteiger partial charge is 0.291 e. The molecule has 1 aromatic rings. The number of amides is 1. The topological polar surface area (TPSA) is 67.2 Å². The molecule has 128 valence electrons. The standard InChI is InChI=1S/C17H27N3O2S/c1-12-16(23-14-5-3-2-4-6-14)15(22-20-12)17(21)19-11-13-7-9-18-10-8-13/h13-14,18H,2-11H2,1H3,(H,19,21). The van der Waals surface area contributed by atoms with Crippen molar-refractivity contribution < 1.29 is 9.32 Å². The maximum atomic E-state index is 12.5. The van der Waals surface area contributed by atoms with Gasteiger partial charge in [0, 0.05) is 11.8 Å². The molecule has 0 spiro atoms. The van der Waals surface area contributed by atoms with Crippen molar-refractivity contribution in [1.29, 1.82) is 0 Å². The highest BCUT2D eigenvalue weighted by Crippen LogP contribution is 2.37. The van der Waals surface area contributed by atoms with E-state index in [9.17, 15) is 4.79 Å². The van der Waals surface area contributed by atoms with E-state index in [4.69, 9.17) is 4.52 Å². The number of thioether (sulfide) groups is 1. The lowest BCUT2D eigenvalue weighted by Gasteiger charge is -2.22. The summed E-state index contributed by atoms with van der Waals surface area (Å²) >= 11 is 1.79. The van der Waals surface area contributed by atoms with Crippen LogP contribution in [-0.4, -0.2) is 35.9 Å². The molecule has 3 rings (SSSR count). The molecule has 0 aromatic carbocycles. The van der Waals surface area contributed by atoms with Crippen LogP contribution in [0.2, 0.25) is 0 Å². The highest BCUT2D eigenvalue weighted by atomic mass is 32.2. The maximum Gasteiger partial charge on any atom is 0.291 e. The van der Waals surface area contributed by atoms with Gasteiger partial charge in [-0.2, -0.15) is 0 Å². The van der Waals surface area contributed by atoms with Gasteiger partial charge in [-0.25, -0.2) is 0 Å². The van der Waals surface area contributed by atoms with Crippen LogP contribution in [0.5, 0.6) is 0 Å². The zero-order valence-corrected chi connectivity index (χ0v) is 14.7. The Kier molecular flexibility index (Phi) is 6.00. The highest BCUT2D eigenvalue weighted by Gasteiger charge is 2.25. The summed E-state index contributed by atoms with van der Waals surface area (Å²) in [5.41, 5.74) is 0.840. The average Bonchev–Trinajstić information content (AvgIpc) is 2.95. The van der Waals surface area contributed by atoms with Crippen molar-refractivity contribution in [2.75, 3.05) is 19.6 Å². The molecule has 0 radical (unpaired) electrons. The lowest BCUT2D eigenvalue weighted by Crippen LogP contribution is -2.36. The first kappa shape index (κ1) is 16.8. The summed E-state index contributed by atoms with van der Waals surface area (Å²) in [6.45, 7) is 4.75. The lowest BCUT2D eigenvalue weighted by atomic mass is 9.98. The van der Waals surface area contributed by atoms with Crippen molar-refractivity contribution in [1.82, 2.24) is 15.8 Å². The molecule has 1 aromatic heterocycles. The van der Waals surface area contributed by atoms with Gasteiger partial charge >= 0.3 is 0 Å². The van der Waals surface area contributed by atoms with Crippen molar-refractivity contribution in [3.63, 3.8) is 0 Å². The first-order chi connectivity index (χ1) is 11.2. The molecule has 1 amide bonds. The molecular formula is C17H27N3O2S. The van der Waals surface area contributed by atoms with Gasteiger partial charge in [0.05, 0.1) is 10.6 Å². The molecule has 1 aliphatic heterocycles. The second-order valence-corrected chi connectivity index (χ2v) is 8.02. The Morgan fingerprint density at radius 2 is 2.00 bits per heavy atom. The molecule has 5 nitrogen and oxygen atoms in total. The average molecular weight is 337 g/mol. The molecule has 2 fully saturated rings. The van der Waals surface area contributed by atoms with Crippen molar-refractivity contribution in [2.45, 2.75) is 62.0 Å². The Hall–Kier alpha value is -1.01. The Morgan fingerprint density at radius 3 is 2.74 bits per heavy atom. The van der Waals surface area contributed by atoms with Gasteiger partial charge in [0.25, 0.3) is 5.91 Å². The molecule has 2 heterocycles. The number of aryl methyl sites for hydroxylation is 1. The van der Waals surface area contributed by atoms with Crippen molar-refractivity contribution >= 4 is 17.7 Å². The van der Waals surface area contributed by atoms with E-state index in [0.29, 0.717) is 16.9 Å². The minimum atomic E-state index is -0.109. The first-order valence-electron chi connectivity index (χ1n) is 8.86. The number of hydrogen-bond acceptors (Lipinski definition) is 5. The minimum Gasteiger partial charge on any atom is -0.350 e. The maximum absolute atomic E-state index is 12.5. The van der Waals surface area contributed by atoms with E-state index in [1.165, 1.54) is 32.1 Å². The third-order valence-corrected chi connectivity index (χ3v) is 6.38. The van der Waals surface area contributed by atoms with Gasteiger partial charge in [-0.05, 0) is 51.6 Å². The van der Waals surface area contributed by atoms with Crippen LogP contribution in [0.15, 0.2) is 9.42 Å². The quantitative estimate of drug-likeness (QED) is 0.864. The van der Waals surface area contributed by atoms with E-state index in [-0.39, 0.29) is 5.91 Å². The number of hydrogen-bond donors (Lipinski definition) is 2. The second-order valence-electron chi connectivity index (χ2n) is 6.71. The third-order valence-electron chi connectivity index (χ3n) is 4.86. The summed E-state index contributed by atoms with van der Waals surface area (Å²) in [5, 5.41) is 11.0. The summed E-state index contributed by atoms with van der Waals surface area (Å²) < 4.78 is 5.34. The van der Waals surface area contributed by atoms with Crippen LogP contribution in [0.3, 0.4) is 0 Å². The lowest BCUT2D eigenvalue weighted by molar-refractivity contribution is 0.0903. The van der Waals surface area contributed by atoms with Crippen LogP contribution >= 0.6 is 11.8 Å². The molecule has 0 unspecified atom stereocenters. The normalized spacial score (nSPS) is 20.6. The fraction of sp³-hybridized carbons (Fsp3) is 0.765. The van der Waals surface area contributed by atoms with E-state index < -0.39 is 0 Å². The molecule has 2 aliphatic rings. The third kappa shape index (κ3) is 4.51. The number of aromatic nitrogens is 1. The number of rotatable bonds is 5. The van der Waals surface area contributed by atoms with Gasteiger partial charge in [0.15, 0.2) is 0 Å². The number of carbonyl (C=O) groups excluding carboxylic acids is 1. The highest BCUT2D eigenvalue weighted by molar-refractivity contribution is 8.00. The van der Waals surface area contributed by atoms with Crippen molar-refractivity contribution in [3.05, 3.63) is 11.5 Å². The van der Waals surface area contributed by atoms with E-state index in [1.54, 1.807) is 11.8 Å². The van der Waals surface area contributed by atoms with Gasteiger partial charge < -0.3 is 15.2 Å². The Bertz CT molecular complexity index is 520. The van der Waals surface area contributed by atoms with Crippen molar-refractivity contribution in [3.8, 4) is 0 Å². The fourth-order valence-electron chi connectivity index (χ4n) is 3.40. The van der Waals surface area contributed by atoms with Crippen LogP contribution in [-0.2, 0) is 0 Å². The summed E-state index contributed by atoms with van der Waals surface area (Å²) in [7, 11) is 0. The molecule has 1 aliphatic carbocycles. The van der Waals surface area contributed by atoms with Crippen LogP contribution in [0.25, 0.3) is 0 Å². The van der Waals surface area contributed by atoms with Crippen LogP contribution in [0.1, 0.15) is 61.2 Å². The van der Waals surface area contributed by atoms with E-state index in [1.807, 2.05) is 6.92 Å². The van der Waals surface area contributed by atoms with Crippen LogP contribution < -0.4 is 10.6 Å².